The lowest BCUT2D eigenvalue weighted by atomic mass is 10.0. The molecule has 0 saturated heterocycles. The van der Waals surface area contributed by atoms with Gasteiger partial charge in [0.05, 0.1) is 10.4 Å². The summed E-state index contributed by atoms with van der Waals surface area (Å²) < 4.78 is 6.68. The van der Waals surface area contributed by atoms with Crippen LogP contribution in [0.5, 0.6) is 5.75 Å². The van der Waals surface area contributed by atoms with Crippen LogP contribution in [0.15, 0.2) is 30.3 Å². The van der Waals surface area contributed by atoms with E-state index in [4.69, 9.17) is 27.9 Å². The van der Waals surface area contributed by atoms with Crippen molar-refractivity contribution in [3.63, 3.8) is 0 Å². The highest BCUT2D eigenvalue weighted by atomic mass is 35.5. The lowest BCUT2D eigenvalue weighted by Gasteiger charge is -2.14. The number of halogens is 2. The van der Waals surface area contributed by atoms with Gasteiger partial charge in [0.25, 0.3) is 0 Å². The maximum Gasteiger partial charge on any atom is 0.120 e. The number of thiophene rings is 1. The molecular formula is C14H14Cl2O2S. The molecule has 0 bridgehead atoms. The maximum absolute atomic E-state index is 10.4. The fourth-order valence-corrected chi connectivity index (χ4v) is 3.27. The minimum absolute atomic E-state index is 0.0894. The first-order valence-corrected chi connectivity index (χ1v) is 7.44. The lowest BCUT2D eigenvalue weighted by Crippen LogP contribution is -2.06. The van der Waals surface area contributed by atoms with Gasteiger partial charge in [0.15, 0.2) is 0 Å². The third-order valence-electron chi connectivity index (χ3n) is 2.52. The summed E-state index contributed by atoms with van der Waals surface area (Å²) >= 11 is 13.2. The predicted molar refractivity (Wildman–Crippen MR) is 80.6 cm³/mol. The Bertz CT molecular complexity index is 566. The van der Waals surface area contributed by atoms with Gasteiger partial charge in [0, 0.05) is 5.56 Å². The number of aliphatic hydroxyl groups excluding tert-OH is 1. The number of hydrogen-bond acceptors (Lipinski definition) is 3. The summed E-state index contributed by atoms with van der Waals surface area (Å²) in [6.07, 6.45) is -0.710. The van der Waals surface area contributed by atoms with Crippen LogP contribution in [-0.2, 0) is 0 Å². The highest BCUT2D eigenvalue weighted by molar-refractivity contribution is 7.20. The Hall–Kier alpha value is -0.740. The van der Waals surface area contributed by atoms with Crippen molar-refractivity contribution >= 4 is 34.5 Å². The van der Waals surface area contributed by atoms with Gasteiger partial charge in [0.1, 0.15) is 16.2 Å². The molecule has 0 aliphatic carbocycles. The second kappa shape index (κ2) is 6.14. The second-order valence-corrected chi connectivity index (χ2v) is 6.71. The number of aliphatic hydroxyl groups is 1. The molecule has 2 aromatic rings. The highest BCUT2D eigenvalue weighted by Gasteiger charge is 2.17. The van der Waals surface area contributed by atoms with Crippen molar-refractivity contribution in [1.82, 2.24) is 0 Å². The van der Waals surface area contributed by atoms with E-state index in [1.165, 1.54) is 11.3 Å². The molecule has 0 aliphatic heterocycles. The molecule has 2 rings (SSSR count). The molecule has 5 heteroatoms. The van der Waals surface area contributed by atoms with Crippen LogP contribution in [0.3, 0.4) is 0 Å². The Kier molecular flexibility index (Phi) is 4.74. The van der Waals surface area contributed by atoms with E-state index in [0.717, 1.165) is 11.3 Å². The van der Waals surface area contributed by atoms with Crippen molar-refractivity contribution in [1.29, 1.82) is 0 Å². The fourth-order valence-electron chi connectivity index (χ4n) is 1.75. The molecule has 19 heavy (non-hydrogen) atoms. The minimum atomic E-state index is -0.799. The van der Waals surface area contributed by atoms with Crippen LogP contribution in [0.2, 0.25) is 8.67 Å². The van der Waals surface area contributed by atoms with E-state index in [1.807, 2.05) is 38.1 Å². The first-order chi connectivity index (χ1) is 8.97. The number of hydrogen-bond donors (Lipinski definition) is 1. The summed E-state index contributed by atoms with van der Waals surface area (Å²) in [7, 11) is 0. The molecule has 0 fully saturated rings. The van der Waals surface area contributed by atoms with Crippen molar-refractivity contribution in [2.75, 3.05) is 0 Å². The topological polar surface area (TPSA) is 29.5 Å². The zero-order valence-corrected chi connectivity index (χ0v) is 12.9. The average Bonchev–Trinajstić information content (AvgIpc) is 2.67. The summed E-state index contributed by atoms with van der Waals surface area (Å²) in [5.41, 5.74) is 1.35. The van der Waals surface area contributed by atoms with E-state index in [9.17, 15) is 5.11 Å². The summed E-state index contributed by atoms with van der Waals surface area (Å²) in [5, 5.41) is 10.4. The van der Waals surface area contributed by atoms with Crippen LogP contribution in [0.25, 0.3) is 0 Å². The lowest BCUT2D eigenvalue weighted by molar-refractivity contribution is 0.217. The summed E-state index contributed by atoms with van der Waals surface area (Å²) in [6.45, 7) is 3.91. The van der Waals surface area contributed by atoms with E-state index < -0.39 is 6.10 Å². The minimum Gasteiger partial charge on any atom is -0.491 e. The molecule has 0 amide bonds. The smallest absolute Gasteiger partial charge is 0.120 e. The fraction of sp³-hybridized carbons (Fsp3) is 0.286. The normalized spacial score (nSPS) is 12.7. The molecule has 1 unspecified atom stereocenters. The first kappa shape index (κ1) is 14.7. The number of rotatable bonds is 4. The molecule has 1 aromatic carbocycles. The zero-order chi connectivity index (χ0) is 14.0. The van der Waals surface area contributed by atoms with Gasteiger partial charge < -0.3 is 9.84 Å². The summed E-state index contributed by atoms with van der Waals surface area (Å²) in [6, 6.07) is 9.04. The third-order valence-corrected chi connectivity index (χ3v) is 4.04. The Labute approximate surface area is 126 Å². The first-order valence-electron chi connectivity index (χ1n) is 5.87. The summed E-state index contributed by atoms with van der Waals surface area (Å²) in [5.74, 6) is 0.726. The Balaban J connectivity index is 2.28. The molecule has 1 aromatic heterocycles. The maximum atomic E-state index is 10.4. The van der Waals surface area contributed by atoms with Gasteiger partial charge in [-0.1, -0.05) is 35.3 Å². The standard InChI is InChI=1S/C14H14Cl2O2S/c1-8(2)18-10-5-3-4-9(6-10)13(17)11-7-12(15)19-14(11)16/h3-8,13,17H,1-2H3. The number of ether oxygens (including phenoxy) is 1. The van der Waals surface area contributed by atoms with Gasteiger partial charge in [-0.05, 0) is 37.6 Å². The van der Waals surface area contributed by atoms with Gasteiger partial charge in [0.2, 0.25) is 0 Å². The van der Waals surface area contributed by atoms with E-state index in [0.29, 0.717) is 14.2 Å². The summed E-state index contributed by atoms with van der Waals surface area (Å²) in [4.78, 5) is 0. The van der Waals surface area contributed by atoms with E-state index in [-0.39, 0.29) is 6.10 Å². The van der Waals surface area contributed by atoms with Crippen LogP contribution in [0.4, 0.5) is 0 Å². The Morgan fingerprint density at radius 1 is 1.21 bits per heavy atom. The van der Waals surface area contributed by atoms with Crippen LogP contribution >= 0.6 is 34.5 Å². The van der Waals surface area contributed by atoms with Crippen molar-refractivity contribution in [3.05, 3.63) is 50.1 Å². The van der Waals surface area contributed by atoms with E-state index >= 15 is 0 Å². The van der Waals surface area contributed by atoms with Crippen molar-refractivity contribution in [2.45, 2.75) is 26.1 Å². The predicted octanol–water partition coefficient (Wildman–Crippen LogP) is 4.92. The molecule has 0 radical (unpaired) electrons. The second-order valence-electron chi connectivity index (χ2n) is 4.42. The molecule has 0 aliphatic rings. The van der Waals surface area contributed by atoms with Crippen molar-refractivity contribution in [2.24, 2.45) is 0 Å². The molecular weight excluding hydrogens is 303 g/mol. The van der Waals surface area contributed by atoms with Gasteiger partial charge in [-0.15, -0.1) is 11.3 Å². The highest BCUT2D eigenvalue weighted by Crippen LogP contribution is 2.37. The van der Waals surface area contributed by atoms with Gasteiger partial charge in [-0.3, -0.25) is 0 Å². The van der Waals surface area contributed by atoms with Gasteiger partial charge >= 0.3 is 0 Å². The zero-order valence-electron chi connectivity index (χ0n) is 10.6. The quantitative estimate of drug-likeness (QED) is 0.867. The Morgan fingerprint density at radius 3 is 2.53 bits per heavy atom. The SMILES string of the molecule is CC(C)Oc1cccc(C(O)c2cc(Cl)sc2Cl)c1. The van der Waals surface area contributed by atoms with Crippen molar-refractivity contribution in [3.8, 4) is 5.75 Å². The van der Waals surface area contributed by atoms with Gasteiger partial charge in [-0.2, -0.15) is 0 Å². The van der Waals surface area contributed by atoms with Crippen LogP contribution in [0.1, 0.15) is 31.1 Å². The molecule has 2 nitrogen and oxygen atoms in total. The van der Waals surface area contributed by atoms with Crippen LogP contribution in [-0.4, -0.2) is 11.2 Å². The molecule has 1 atom stereocenters. The Morgan fingerprint density at radius 2 is 1.95 bits per heavy atom. The van der Waals surface area contributed by atoms with Crippen LogP contribution in [0, 0.1) is 0 Å². The van der Waals surface area contributed by atoms with Crippen molar-refractivity contribution < 1.29 is 9.84 Å². The average molecular weight is 317 g/mol. The molecule has 1 N–H and O–H groups in total. The van der Waals surface area contributed by atoms with E-state index in [2.05, 4.69) is 0 Å². The molecule has 102 valence electrons. The number of benzene rings is 1. The van der Waals surface area contributed by atoms with E-state index in [1.54, 1.807) is 6.07 Å². The molecule has 0 spiro atoms. The largest absolute Gasteiger partial charge is 0.491 e. The molecule has 1 heterocycles. The van der Waals surface area contributed by atoms with Gasteiger partial charge in [-0.25, -0.2) is 0 Å². The third kappa shape index (κ3) is 3.63. The monoisotopic (exact) mass is 316 g/mol. The van der Waals surface area contributed by atoms with Crippen LogP contribution < -0.4 is 4.74 Å². The molecule has 0 saturated carbocycles.